The topological polar surface area (TPSA) is 120 Å². The van der Waals surface area contributed by atoms with Crippen LogP contribution in [0.2, 0.25) is 0 Å². The van der Waals surface area contributed by atoms with Crippen molar-refractivity contribution in [2.45, 2.75) is 52.9 Å². The molecular formula is C23H29N3O6. The summed E-state index contributed by atoms with van der Waals surface area (Å²) in [5.74, 6) is -0.582. The van der Waals surface area contributed by atoms with Gasteiger partial charge in [0.1, 0.15) is 11.6 Å². The number of ether oxygens (including phenoxy) is 2. The van der Waals surface area contributed by atoms with Crippen molar-refractivity contribution >= 4 is 23.4 Å². The number of aryl methyl sites for hydroxylation is 1. The van der Waals surface area contributed by atoms with E-state index < -0.39 is 28.6 Å². The lowest BCUT2D eigenvalue weighted by Gasteiger charge is -2.23. The number of alkyl carbamates (subject to hydrolysis) is 1. The fourth-order valence-corrected chi connectivity index (χ4v) is 2.83. The number of amides is 2. The number of rotatable bonds is 8. The van der Waals surface area contributed by atoms with Gasteiger partial charge in [-0.2, -0.15) is 0 Å². The average molecular weight is 444 g/mol. The predicted molar refractivity (Wildman–Crippen MR) is 120 cm³/mol. The molecule has 0 saturated heterocycles. The highest BCUT2D eigenvalue weighted by atomic mass is 16.6. The maximum atomic E-state index is 12.9. The summed E-state index contributed by atoms with van der Waals surface area (Å²) in [6.07, 6.45) is -0.771. The van der Waals surface area contributed by atoms with Crippen molar-refractivity contribution in [2.75, 3.05) is 11.9 Å². The molecule has 0 spiro atoms. The van der Waals surface area contributed by atoms with Crippen molar-refractivity contribution in [1.82, 2.24) is 5.32 Å². The molecule has 2 aromatic rings. The van der Waals surface area contributed by atoms with Crippen molar-refractivity contribution in [3.8, 4) is 0 Å². The standard InChI is InChI=1S/C23H29N3O6/c1-15-11-18(12-20(16(15)2)26(29)30)24-21(27)19(25-22(28)32-23(3,4)5)14-31-13-17-9-7-6-8-10-17/h6-12,19H,13-14H2,1-5H3,(H,24,27)(H,25,28)/t19-/m0/s1. The minimum atomic E-state index is -1.07. The number of hydrogen-bond donors (Lipinski definition) is 2. The van der Waals surface area contributed by atoms with Gasteiger partial charge in [-0.05, 0) is 51.8 Å². The molecule has 172 valence electrons. The second-order valence-electron chi connectivity index (χ2n) is 8.38. The molecule has 32 heavy (non-hydrogen) atoms. The molecule has 0 saturated carbocycles. The number of nitrogens with one attached hydrogen (secondary N) is 2. The third-order valence-corrected chi connectivity index (χ3v) is 4.51. The molecule has 2 rings (SSSR count). The molecule has 0 unspecified atom stereocenters. The quantitative estimate of drug-likeness (QED) is 0.465. The van der Waals surface area contributed by atoms with Gasteiger partial charge in [-0.25, -0.2) is 4.79 Å². The summed E-state index contributed by atoms with van der Waals surface area (Å²) >= 11 is 0. The Morgan fingerprint density at radius 3 is 2.38 bits per heavy atom. The van der Waals surface area contributed by atoms with Crippen LogP contribution in [0.15, 0.2) is 42.5 Å². The van der Waals surface area contributed by atoms with E-state index >= 15 is 0 Å². The second-order valence-corrected chi connectivity index (χ2v) is 8.38. The number of carbonyl (C=O) groups excluding carboxylic acids is 2. The van der Waals surface area contributed by atoms with Gasteiger partial charge < -0.3 is 20.1 Å². The number of nitro groups is 1. The second kappa shape index (κ2) is 10.7. The summed E-state index contributed by atoms with van der Waals surface area (Å²) in [7, 11) is 0. The summed E-state index contributed by atoms with van der Waals surface area (Å²) < 4.78 is 10.9. The lowest BCUT2D eigenvalue weighted by Crippen LogP contribution is -2.48. The first-order chi connectivity index (χ1) is 15.0. The summed E-state index contributed by atoms with van der Waals surface area (Å²) in [5, 5.41) is 16.4. The van der Waals surface area contributed by atoms with Crippen LogP contribution in [0.25, 0.3) is 0 Å². The number of anilines is 1. The summed E-state index contributed by atoms with van der Waals surface area (Å²) in [6, 6.07) is 11.2. The zero-order chi connectivity index (χ0) is 23.9. The van der Waals surface area contributed by atoms with E-state index in [0.717, 1.165) is 5.56 Å². The molecule has 0 heterocycles. The van der Waals surface area contributed by atoms with E-state index in [2.05, 4.69) is 10.6 Å². The van der Waals surface area contributed by atoms with Gasteiger partial charge in [-0.1, -0.05) is 30.3 Å². The summed E-state index contributed by atoms with van der Waals surface area (Å²) in [4.78, 5) is 35.9. The van der Waals surface area contributed by atoms with Gasteiger partial charge >= 0.3 is 6.09 Å². The molecule has 0 aliphatic heterocycles. The van der Waals surface area contributed by atoms with Crippen LogP contribution in [-0.2, 0) is 20.9 Å². The Hall–Kier alpha value is -3.46. The number of benzene rings is 2. The van der Waals surface area contributed by atoms with Crippen molar-refractivity contribution in [3.63, 3.8) is 0 Å². The molecule has 1 atom stereocenters. The van der Waals surface area contributed by atoms with Crippen molar-refractivity contribution in [1.29, 1.82) is 0 Å². The Morgan fingerprint density at radius 2 is 1.78 bits per heavy atom. The monoisotopic (exact) mass is 443 g/mol. The molecule has 2 amide bonds. The van der Waals surface area contributed by atoms with Crippen LogP contribution in [0, 0.1) is 24.0 Å². The molecule has 0 aliphatic rings. The number of carbonyl (C=O) groups is 2. The van der Waals surface area contributed by atoms with Gasteiger partial charge in [0.05, 0.1) is 18.1 Å². The maximum absolute atomic E-state index is 12.9. The number of nitro benzene ring substituents is 1. The van der Waals surface area contributed by atoms with Gasteiger partial charge in [-0.3, -0.25) is 14.9 Å². The van der Waals surface area contributed by atoms with Gasteiger partial charge in [-0.15, -0.1) is 0 Å². The fourth-order valence-electron chi connectivity index (χ4n) is 2.83. The SMILES string of the molecule is Cc1cc(NC(=O)[C@H](COCc2ccccc2)NC(=O)OC(C)(C)C)cc([N+](=O)[O-])c1C. The van der Waals surface area contributed by atoms with E-state index in [0.29, 0.717) is 11.1 Å². The van der Waals surface area contributed by atoms with E-state index in [1.54, 1.807) is 40.7 Å². The van der Waals surface area contributed by atoms with Gasteiger partial charge in [0, 0.05) is 17.3 Å². The first-order valence-electron chi connectivity index (χ1n) is 10.1. The van der Waals surface area contributed by atoms with Gasteiger partial charge in [0.25, 0.3) is 5.69 Å². The molecule has 9 nitrogen and oxygen atoms in total. The number of nitrogens with zero attached hydrogens (tertiary/aromatic N) is 1. The van der Waals surface area contributed by atoms with E-state index in [1.165, 1.54) is 6.07 Å². The van der Waals surface area contributed by atoms with Crippen LogP contribution >= 0.6 is 0 Å². The molecule has 9 heteroatoms. The fraction of sp³-hybridized carbons (Fsp3) is 0.391. The van der Waals surface area contributed by atoms with Crippen molar-refractivity contribution in [3.05, 3.63) is 69.3 Å². The highest BCUT2D eigenvalue weighted by Crippen LogP contribution is 2.26. The van der Waals surface area contributed by atoms with Crippen LogP contribution in [0.1, 0.15) is 37.5 Å². The molecule has 0 radical (unpaired) electrons. The van der Waals surface area contributed by atoms with Gasteiger partial charge in [0.2, 0.25) is 5.91 Å². The lowest BCUT2D eigenvalue weighted by molar-refractivity contribution is -0.385. The summed E-state index contributed by atoms with van der Waals surface area (Å²) in [6.45, 7) is 8.62. The first kappa shape index (κ1) is 24.8. The molecule has 0 aromatic heterocycles. The molecule has 0 aliphatic carbocycles. The van der Waals surface area contributed by atoms with E-state index in [9.17, 15) is 19.7 Å². The molecule has 0 fully saturated rings. The van der Waals surface area contributed by atoms with E-state index in [-0.39, 0.29) is 24.6 Å². The molecule has 2 aromatic carbocycles. The first-order valence-corrected chi connectivity index (χ1v) is 10.1. The highest BCUT2D eigenvalue weighted by Gasteiger charge is 2.25. The Kier molecular flexibility index (Phi) is 8.31. The van der Waals surface area contributed by atoms with Crippen LogP contribution in [0.3, 0.4) is 0 Å². The van der Waals surface area contributed by atoms with Gasteiger partial charge in [0.15, 0.2) is 0 Å². The van der Waals surface area contributed by atoms with Crippen molar-refractivity contribution < 1.29 is 24.0 Å². The Bertz CT molecular complexity index is 970. The normalized spacial score (nSPS) is 12.0. The minimum Gasteiger partial charge on any atom is -0.444 e. The zero-order valence-electron chi connectivity index (χ0n) is 18.9. The maximum Gasteiger partial charge on any atom is 0.408 e. The Labute approximate surface area is 187 Å². The molecular weight excluding hydrogens is 414 g/mol. The third kappa shape index (κ3) is 7.66. The van der Waals surface area contributed by atoms with Crippen LogP contribution in [-0.4, -0.2) is 35.2 Å². The third-order valence-electron chi connectivity index (χ3n) is 4.51. The van der Waals surface area contributed by atoms with Crippen LogP contribution in [0.5, 0.6) is 0 Å². The zero-order valence-corrected chi connectivity index (χ0v) is 18.9. The smallest absolute Gasteiger partial charge is 0.408 e. The molecule has 0 bridgehead atoms. The Balaban J connectivity index is 2.15. The van der Waals surface area contributed by atoms with Crippen LogP contribution in [0.4, 0.5) is 16.2 Å². The number of hydrogen-bond acceptors (Lipinski definition) is 6. The largest absolute Gasteiger partial charge is 0.444 e. The van der Waals surface area contributed by atoms with Crippen LogP contribution < -0.4 is 10.6 Å². The van der Waals surface area contributed by atoms with E-state index in [4.69, 9.17) is 9.47 Å². The average Bonchev–Trinajstić information content (AvgIpc) is 2.69. The van der Waals surface area contributed by atoms with E-state index in [1.807, 2.05) is 30.3 Å². The summed E-state index contributed by atoms with van der Waals surface area (Å²) in [5.41, 5.74) is 1.49. The predicted octanol–water partition coefficient (Wildman–Crippen LogP) is 4.26. The molecule has 2 N–H and O–H groups in total. The van der Waals surface area contributed by atoms with Crippen molar-refractivity contribution in [2.24, 2.45) is 0 Å². The minimum absolute atomic E-state index is 0.0997. The highest BCUT2D eigenvalue weighted by molar-refractivity contribution is 5.97. The lowest BCUT2D eigenvalue weighted by atomic mass is 10.1. The Morgan fingerprint density at radius 1 is 1.12 bits per heavy atom.